The number of carbonyl (C=O) groups excluding carboxylic acids is 1. The Morgan fingerprint density at radius 1 is 1.15 bits per heavy atom. The Kier molecular flexibility index (Phi) is 4.86. The zero-order valence-electron chi connectivity index (χ0n) is 14.5. The van der Waals surface area contributed by atoms with E-state index in [-0.39, 0.29) is 23.0 Å². The molecule has 0 spiro atoms. The highest BCUT2D eigenvalue weighted by molar-refractivity contribution is 7.91. The summed E-state index contributed by atoms with van der Waals surface area (Å²) in [6.45, 7) is 3.43. The fraction of sp³-hybridized carbons (Fsp3) is 0.421. The van der Waals surface area contributed by atoms with Gasteiger partial charge in [0.25, 0.3) is 0 Å². The topological polar surface area (TPSA) is 57.7 Å². The lowest BCUT2D eigenvalue weighted by molar-refractivity contribution is -0.138. The molecule has 3 heterocycles. The van der Waals surface area contributed by atoms with Crippen LogP contribution in [0.3, 0.4) is 0 Å². The number of benzene rings is 1. The van der Waals surface area contributed by atoms with Crippen molar-refractivity contribution in [2.75, 3.05) is 25.4 Å². The van der Waals surface area contributed by atoms with Crippen LogP contribution in [-0.4, -0.2) is 55.6 Å². The van der Waals surface area contributed by atoms with Gasteiger partial charge in [-0.15, -0.1) is 11.3 Å². The molecule has 1 amide bonds. The third kappa shape index (κ3) is 3.56. The molecular weight excluding hydrogens is 368 g/mol. The van der Waals surface area contributed by atoms with E-state index in [2.05, 4.69) is 16.3 Å². The van der Waals surface area contributed by atoms with E-state index in [0.29, 0.717) is 19.1 Å². The fourth-order valence-corrected chi connectivity index (χ4v) is 5.74. The maximum absolute atomic E-state index is 12.3. The molecule has 0 radical (unpaired) electrons. The summed E-state index contributed by atoms with van der Waals surface area (Å²) in [5.74, 6) is -0.187. The molecule has 1 saturated heterocycles. The summed E-state index contributed by atoms with van der Waals surface area (Å²) in [6, 6.07) is 10.9. The number of rotatable bonds is 5. The second-order valence-corrected chi connectivity index (χ2v) is 10.0. The molecule has 5 nitrogen and oxygen atoms in total. The average molecular weight is 391 g/mol. The minimum Gasteiger partial charge on any atom is -0.339 e. The molecule has 1 fully saturated rings. The van der Waals surface area contributed by atoms with Crippen LogP contribution in [0.4, 0.5) is 0 Å². The van der Waals surface area contributed by atoms with Crippen molar-refractivity contribution in [2.24, 2.45) is 0 Å². The van der Waals surface area contributed by atoms with Crippen molar-refractivity contribution in [3.63, 3.8) is 0 Å². The maximum Gasteiger partial charge on any atom is 0.223 e. The van der Waals surface area contributed by atoms with E-state index < -0.39 is 9.84 Å². The van der Waals surface area contributed by atoms with E-state index in [0.717, 1.165) is 19.5 Å². The van der Waals surface area contributed by atoms with Gasteiger partial charge in [-0.25, -0.2) is 8.42 Å². The van der Waals surface area contributed by atoms with Gasteiger partial charge in [-0.05, 0) is 35.6 Å². The second kappa shape index (κ2) is 7.13. The summed E-state index contributed by atoms with van der Waals surface area (Å²) in [6.07, 6.45) is 1.14. The van der Waals surface area contributed by atoms with Gasteiger partial charge >= 0.3 is 0 Å². The van der Waals surface area contributed by atoms with Gasteiger partial charge in [-0.3, -0.25) is 9.69 Å². The number of fused-ring (bicyclic) bond motifs is 1. The number of sulfone groups is 1. The van der Waals surface area contributed by atoms with Crippen molar-refractivity contribution in [2.45, 2.75) is 30.3 Å². The molecule has 138 valence electrons. The normalized spacial score (nSPS) is 18.4. The van der Waals surface area contributed by atoms with Crippen LogP contribution in [0.15, 0.2) is 46.7 Å². The summed E-state index contributed by atoms with van der Waals surface area (Å²) < 4.78 is 24.6. The zero-order chi connectivity index (χ0) is 18.1. The molecular formula is C19H22N2O3S2. The Balaban J connectivity index is 1.26. The van der Waals surface area contributed by atoms with Crippen molar-refractivity contribution in [1.29, 1.82) is 0 Å². The van der Waals surface area contributed by atoms with Gasteiger partial charge in [-0.1, -0.05) is 18.2 Å². The molecule has 0 unspecified atom stereocenters. The Hall–Kier alpha value is -1.70. The first-order chi connectivity index (χ1) is 12.5. The van der Waals surface area contributed by atoms with Crippen molar-refractivity contribution in [3.05, 3.63) is 52.2 Å². The molecule has 2 aromatic rings. The van der Waals surface area contributed by atoms with E-state index in [9.17, 15) is 13.2 Å². The van der Waals surface area contributed by atoms with Crippen LogP contribution in [-0.2, 0) is 27.6 Å². The molecule has 1 aromatic heterocycles. The first-order valence-electron chi connectivity index (χ1n) is 8.88. The summed E-state index contributed by atoms with van der Waals surface area (Å²) in [5, 5.41) is 2.15. The zero-order valence-corrected chi connectivity index (χ0v) is 16.1. The fourth-order valence-electron chi connectivity index (χ4n) is 3.60. The number of hydrogen-bond donors (Lipinski definition) is 0. The van der Waals surface area contributed by atoms with Crippen LogP contribution in [0.5, 0.6) is 0 Å². The minimum absolute atomic E-state index is 0.0542. The van der Waals surface area contributed by atoms with Crippen LogP contribution >= 0.6 is 11.3 Å². The van der Waals surface area contributed by atoms with Gasteiger partial charge < -0.3 is 4.90 Å². The van der Waals surface area contributed by atoms with Gasteiger partial charge in [0.15, 0.2) is 9.84 Å². The van der Waals surface area contributed by atoms with Gasteiger partial charge in [0.2, 0.25) is 5.91 Å². The van der Waals surface area contributed by atoms with Crippen molar-refractivity contribution in [3.8, 4) is 0 Å². The summed E-state index contributed by atoms with van der Waals surface area (Å²) in [4.78, 5) is 18.3. The first-order valence-corrected chi connectivity index (χ1v) is 11.4. The van der Waals surface area contributed by atoms with E-state index in [1.165, 1.54) is 10.4 Å². The van der Waals surface area contributed by atoms with Crippen molar-refractivity contribution < 1.29 is 13.2 Å². The Labute approximate surface area is 158 Å². The molecule has 0 N–H and O–H groups in total. The highest BCUT2D eigenvalue weighted by atomic mass is 32.2. The van der Waals surface area contributed by atoms with E-state index >= 15 is 0 Å². The molecule has 0 saturated carbocycles. The number of amides is 1. The molecule has 1 aromatic carbocycles. The highest BCUT2D eigenvalue weighted by Gasteiger charge is 2.36. The third-order valence-corrected chi connectivity index (χ3v) is 8.01. The Morgan fingerprint density at radius 3 is 2.69 bits per heavy atom. The summed E-state index contributed by atoms with van der Waals surface area (Å²) in [7, 11) is -3.39. The standard InChI is InChI=1S/C19H22N2O3S2/c22-19(8-11-26(23,24)17-4-2-1-3-5-17)21-13-16(14-21)20-9-6-18-15(12-20)7-10-25-18/h1-5,7,10,16H,6,8-9,11-14H2. The van der Waals surface area contributed by atoms with Gasteiger partial charge in [-0.2, -0.15) is 0 Å². The van der Waals surface area contributed by atoms with Crippen molar-refractivity contribution in [1.82, 2.24) is 9.80 Å². The first kappa shape index (κ1) is 17.7. The van der Waals surface area contributed by atoms with E-state index in [1.54, 1.807) is 35.2 Å². The van der Waals surface area contributed by atoms with Gasteiger partial charge in [0.1, 0.15) is 0 Å². The van der Waals surface area contributed by atoms with Gasteiger partial charge in [0, 0.05) is 43.5 Å². The number of likely N-dealkylation sites (tertiary alicyclic amines) is 1. The summed E-state index contributed by atoms with van der Waals surface area (Å²) in [5.41, 5.74) is 1.42. The quantitative estimate of drug-likeness (QED) is 0.785. The lowest BCUT2D eigenvalue weighted by atomic mass is 10.0. The van der Waals surface area contributed by atoms with E-state index in [4.69, 9.17) is 0 Å². The molecule has 26 heavy (non-hydrogen) atoms. The predicted octanol–water partition coefficient (Wildman–Crippen LogP) is 2.18. The van der Waals surface area contributed by atoms with Crippen LogP contribution in [0.1, 0.15) is 16.9 Å². The maximum atomic E-state index is 12.3. The third-order valence-electron chi connectivity index (χ3n) is 5.26. The lowest BCUT2D eigenvalue weighted by Crippen LogP contribution is -2.61. The van der Waals surface area contributed by atoms with Crippen LogP contribution < -0.4 is 0 Å². The number of nitrogens with zero attached hydrogens (tertiary/aromatic N) is 2. The molecule has 4 rings (SSSR count). The molecule has 7 heteroatoms. The molecule has 0 atom stereocenters. The number of hydrogen-bond acceptors (Lipinski definition) is 5. The average Bonchev–Trinajstić information content (AvgIpc) is 3.07. The SMILES string of the molecule is O=C(CCS(=O)(=O)c1ccccc1)N1CC(N2CCc3sccc3C2)C1. The van der Waals surface area contributed by atoms with Gasteiger partial charge in [0.05, 0.1) is 10.6 Å². The predicted molar refractivity (Wildman–Crippen MR) is 102 cm³/mol. The monoisotopic (exact) mass is 390 g/mol. The minimum atomic E-state index is -3.39. The molecule has 2 aliphatic heterocycles. The highest BCUT2D eigenvalue weighted by Crippen LogP contribution is 2.28. The van der Waals surface area contributed by atoms with Crippen LogP contribution in [0.2, 0.25) is 0 Å². The Morgan fingerprint density at radius 2 is 1.92 bits per heavy atom. The molecule has 2 aliphatic rings. The van der Waals surface area contributed by atoms with Crippen molar-refractivity contribution >= 4 is 27.1 Å². The number of carbonyl (C=O) groups is 1. The second-order valence-electron chi connectivity index (χ2n) is 6.92. The Bertz CT molecular complexity index is 887. The summed E-state index contributed by atoms with van der Waals surface area (Å²) >= 11 is 1.83. The van der Waals surface area contributed by atoms with E-state index in [1.807, 2.05) is 11.3 Å². The smallest absolute Gasteiger partial charge is 0.223 e. The van der Waals surface area contributed by atoms with Crippen LogP contribution in [0.25, 0.3) is 0 Å². The number of thiophene rings is 1. The van der Waals surface area contributed by atoms with Crippen LogP contribution in [0, 0.1) is 0 Å². The largest absolute Gasteiger partial charge is 0.339 e. The molecule has 0 aliphatic carbocycles. The lowest BCUT2D eigenvalue weighted by Gasteiger charge is -2.46. The molecule has 0 bridgehead atoms.